The van der Waals surface area contributed by atoms with Crippen molar-refractivity contribution < 1.29 is 9.53 Å². The number of hydrogen-bond acceptors (Lipinski definition) is 4. The van der Waals surface area contributed by atoms with Gasteiger partial charge in [-0.05, 0) is 24.3 Å². The molecule has 0 saturated carbocycles. The van der Waals surface area contributed by atoms with E-state index in [1.807, 2.05) is 30.3 Å². The van der Waals surface area contributed by atoms with Gasteiger partial charge in [0.2, 0.25) is 0 Å². The summed E-state index contributed by atoms with van der Waals surface area (Å²) in [5.74, 6) is 0.529. The van der Waals surface area contributed by atoms with Gasteiger partial charge in [0.25, 0.3) is 0 Å². The molecule has 0 bridgehead atoms. The Bertz CT molecular complexity index is 527. The van der Waals surface area contributed by atoms with Crippen LogP contribution in [0.5, 0.6) is 0 Å². The van der Waals surface area contributed by atoms with Gasteiger partial charge in [-0.1, -0.05) is 43.7 Å². The second kappa shape index (κ2) is 9.16. The molecule has 124 valence electrons. The van der Waals surface area contributed by atoms with E-state index in [-0.39, 0.29) is 18.7 Å². The summed E-state index contributed by atoms with van der Waals surface area (Å²) in [6, 6.07) is 11.9. The predicted molar refractivity (Wildman–Crippen MR) is 88.6 cm³/mol. The molecule has 23 heavy (non-hydrogen) atoms. The number of nitrogens with one attached hydrogen (secondary N) is 1. The fourth-order valence-corrected chi connectivity index (χ4v) is 3.19. The lowest BCUT2D eigenvalue weighted by molar-refractivity contribution is 0.113. The first kappa shape index (κ1) is 17.3. The summed E-state index contributed by atoms with van der Waals surface area (Å²) >= 11 is 0. The van der Waals surface area contributed by atoms with Gasteiger partial charge in [-0.3, -0.25) is 4.90 Å². The number of alkyl carbamates (subject to hydrolysis) is 1. The van der Waals surface area contributed by atoms with E-state index in [4.69, 9.17) is 10.00 Å². The van der Waals surface area contributed by atoms with Crippen LogP contribution >= 0.6 is 0 Å². The van der Waals surface area contributed by atoms with Gasteiger partial charge in [0.1, 0.15) is 6.61 Å². The van der Waals surface area contributed by atoms with Crippen molar-refractivity contribution in [3.8, 4) is 6.07 Å². The van der Waals surface area contributed by atoms with Crippen LogP contribution in [0.1, 0.15) is 31.7 Å². The largest absolute Gasteiger partial charge is 0.445 e. The van der Waals surface area contributed by atoms with Gasteiger partial charge >= 0.3 is 6.09 Å². The SMILES string of the molecule is CCCC1CC(NC(=O)OCc2ccccc2)CN(CC#N)C1. The van der Waals surface area contributed by atoms with Gasteiger partial charge < -0.3 is 10.1 Å². The van der Waals surface area contributed by atoms with Crippen LogP contribution in [0, 0.1) is 17.2 Å². The molecular weight excluding hydrogens is 290 g/mol. The van der Waals surface area contributed by atoms with Crippen molar-refractivity contribution in [1.82, 2.24) is 10.2 Å². The summed E-state index contributed by atoms with van der Waals surface area (Å²) in [5.41, 5.74) is 0.973. The van der Waals surface area contributed by atoms with Crippen LogP contribution in [0.25, 0.3) is 0 Å². The lowest BCUT2D eigenvalue weighted by atomic mass is 9.90. The summed E-state index contributed by atoms with van der Waals surface area (Å²) in [4.78, 5) is 14.1. The van der Waals surface area contributed by atoms with Crippen molar-refractivity contribution in [1.29, 1.82) is 5.26 Å². The maximum Gasteiger partial charge on any atom is 0.407 e. The number of nitrogens with zero attached hydrogens (tertiary/aromatic N) is 2. The van der Waals surface area contributed by atoms with Crippen LogP contribution in [-0.4, -0.2) is 36.7 Å². The molecule has 2 rings (SSSR count). The molecule has 1 saturated heterocycles. The van der Waals surface area contributed by atoms with Gasteiger partial charge in [-0.15, -0.1) is 0 Å². The Hall–Kier alpha value is -2.06. The van der Waals surface area contributed by atoms with Crippen LogP contribution < -0.4 is 5.32 Å². The number of piperidine rings is 1. The third-order valence-corrected chi connectivity index (χ3v) is 4.14. The number of carbonyl (C=O) groups is 1. The molecule has 2 unspecified atom stereocenters. The molecule has 0 aromatic heterocycles. The van der Waals surface area contributed by atoms with Crippen LogP contribution in [0.3, 0.4) is 0 Å². The lowest BCUT2D eigenvalue weighted by Crippen LogP contribution is -2.50. The van der Waals surface area contributed by atoms with Gasteiger partial charge in [0.15, 0.2) is 0 Å². The number of benzene rings is 1. The summed E-state index contributed by atoms with van der Waals surface area (Å²) in [6.07, 6.45) is 2.82. The second-order valence-electron chi connectivity index (χ2n) is 6.15. The Kier molecular flexibility index (Phi) is 6.89. The lowest BCUT2D eigenvalue weighted by Gasteiger charge is -2.36. The van der Waals surface area contributed by atoms with Crippen molar-refractivity contribution in [3.05, 3.63) is 35.9 Å². The average Bonchev–Trinajstić information content (AvgIpc) is 2.54. The quantitative estimate of drug-likeness (QED) is 0.820. The van der Waals surface area contributed by atoms with E-state index in [1.165, 1.54) is 0 Å². The zero-order chi connectivity index (χ0) is 16.5. The predicted octanol–water partition coefficient (Wildman–Crippen LogP) is 2.93. The molecule has 1 aromatic carbocycles. The van der Waals surface area contributed by atoms with Crippen molar-refractivity contribution in [2.75, 3.05) is 19.6 Å². The van der Waals surface area contributed by atoms with Gasteiger partial charge in [-0.2, -0.15) is 5.26 Å². The molecule has 1 aromatic rings. The third-order valence-electron chi connectivity index (χ3n) is 4.14. The summed E-state index contributed by atoms with van der Waals surface area (Å²) < 4.78 is 5.29. The molecule has 0 radical (unpaired) electrons. The molecule has 1 aliphatic heterocycles. The number of nitriles is 1. The fraction of sp³-hybridized carbons (Fsp3) is 0.556. The minimum absolute atomic E-state index is 0.0527. The highest BCUT2D eigenvalue weighted by molar-refractivity contribution is 5.67. The van der Waals surface area contributed by atoms with Gasteiger partial charge in [0.05, 0.1) is 12.6 Å². The van der Waals surface area contributed by atoms with Crippen LogP contribution in [-0.2, 0) is 11.3 Å². The smallest absolute Gasteiger partial charge is 0.407 e. The first-order valence-corrected chi connectivity index (χ1v) is 8.27. The first-order valence-electron chi connectivity index (χ1n) is 8.27. The van der Waals surface area contributed by atoms with Crippen molar-refractivity contribution in [2.45, 2.75) is 38.8 Å². The van der Waals surface area contributed by atoms with E-state index in [2.05, 4.69) is 23.2 Å². The first-order chi connectivity index (χ1) is 11.2. The Morgan fingerprint density at radius 3 is 2.87 bits per heavy atom. The number of likely N-dealkylation sites (tertiary alicyclic amines) is 1. The number of ether oxygens (including phenoxy) is 1. The standard InChI is InChI=1S/C18H25N3O2/c1-2-6-16-11-17(13-21(12-16)10-9-19)20-18(22)23-14-15-7-4-3-5-8-15/h3-5,7-8,16-17H,2,6,10-14H2,1H3,(H,20,22). The summed E-state index contributed by atoms with van der Waals surface area (Å²) in [7, 11) is 0. The van der Waals surface area contributed by atoms with E-state index >= 15 is 0 Å². The zero-order valence-corrected chi connectivity index (χ0v) is 13.7. The summed E-state index contributed by atoms with van der Waals surface area (Å²) in [5, 5.41) is 11.9. The van der Waals surface area contributed by atoms with E-state index in [9.17, 15) is 4.79 Å². The minimum atomic E-state index is -0.382. The van der Waals surface area contributed by atoms with E-state index in [0.717, 1.165) is 31.4 Å². The molecule has 1 heterocycles. The van der Waals surface area contributed by atoms with E-state index < -0.39 is 0 Å². The average molecular weight is 315 g/mol. The van der Waals surface area contributed by atoms with E-state index in [0.29, 0.717) is 19.0 Å². The van der Waals surface area contributed by atoms with Crippen molar-refractivity contribution in [3.63, 3.8) is 0 Å². The molecule has 1 fully saturated rings. The number of amides is 1. The fourth-order valence-electron chi connectivity index (χ4n) is 3.19. The molecule has 1 aliphatic rings. The Labute approximate surface area is 138 Å². The van der Waals surface area contributed by atoms with E-state index in [1.54, 1.807) is 0 Å². The van der Waals surface area contributed by atoms with Gasteiger partial charge in [-0.25, -0.2) is 4.79 Å². The molecule has 1 N–H and O–H groups in total. The van der Waals surface area contributed by atoms with Crippen LogP contribution in [0.2, 0.25) is 0 Å². The minimum Gasteiger partial charge on any atom is -0.445 e. The topological polar surface area (TPSA) is 65.4 Å². The second-order valence-corrected chi connectivity index (χ2v) is 6.15. The molecule has 5 heteroatoms. The number of rotatable bonds is 6. The Balaban J connectivity index is 1.82. The summed E-state index contributed by atoms with van der Waals surface area (Å²) in [6.45, 7) is 4.52. The molecule has 0 spiro atoms. The molecule has 0 aliphatic carbocycles. The highest BCUT2D eigenvalue weighted by atomic mass is 16.5. The molecule has 1 amide bonds. The number of carbonyl (C=O) groups excluding carboxylic acids is 1. The maximum atomic E-state index is 12.0. The third kappa shape index (κ3) is 5.91. The normalized spacial score (nSPS) is 21.4. The van der Waals surface area contributed by atoms with Crippen molar-refractivity contribution >= 4 is 6.09 Å². The molecule has 2 atom stereocenters. The molecule has 5 nitrogen and oxygen atoms in total. The van der Waals surface area contributed by atoms with Crippen LogP contribution in [0.4, 0.5) is 4.79 Å². The highest BCUT2D eigenvalue weighted by Gasteiger charge is 2.27. The van der Waals surface area contributed by atoms with Crippen LogP contribution in [0.15, 0.2) is 30.3 Å². The van der Waals surface area contributed by atoms with Gasteiger partial charge in [0, 0.05) is 19.1 Å². The Morgan fingerprint density at radius 2 is 2.17 bits per heavy atom. The zero-order valence-electron chi connectivity index (χ0n) is 13.7. The Morgan fingerprint density at radius 1 is 1.39 bits per heavy atom. The maximum absolute atomic E-state index is 12.0. The monoisotopic (exact) mass is 315 g/mol. The molecular formula is C18H25N3O2. The highest BCUT2D eigenvalue weighted by Crippen LogP contribution is 2.21. The number of hydrogen-bond donors (Lipinski definition) is 1. The van der Waals surface area contributed by atoms with Crippen molar-refractivity contribution in [2.24, 2.45) is 5.92 Å².